The second-order valence-corrected chi connectivity index (χ2v) is 3.92. The van der Waals surface area contributed by atoms with Crippen molar-refractivity contribution >= 4 is 5.97 Å². The van der Waals surface area contributed by atoms with E-state index >= 15 is 0 Å². The molecule has 6 heteroatoms. The minimum atomic E-state index is -2.52. The van der Waals surface area contributed by atoms with Crippen molar-refractivity contribution in [2.75, 3.05) is 26.8 Å². The van der Waals surface area contributed by atoms with Gasteiger partial charge in [-0.2, -0.15) is 0 Å². The van der Waals surface area contributed by atoms with Gasteiger partial charge >= 0.3 is 5.97 Å². The molecule has 94 valence electrons. The largest absolute Gasteiger partial charge is 0.468 e. The van der Waals surface area contributed by atoms with Crippen LogP contribution in [-0.2, 0) is 9.53 Å². The lowest BCUT2D eigenvalue weighted by molar-refractivity contribution is -0.148. The van der Waals surface area contributed by atoms with Gasteiger partial charge in [0.2, 0.25) is 0 Å². The van der Waals surface area contributed by atoms with Gasteiger partial charge in [0.1, 0.15) is 6.04 Å². The van der Waals surface area contributed by atoms with E-state index in [1.54, 1.807) is 0 Å². The molecule has 1 fully saturated rings. The van der Waals surface area contributed by atoms with Gasteiger partial charge in [-0.15, -0.1) is 0 Å². The summed E-state index contributed by atoms with van der Waals surface area (Å²) in [6.45, 7) is -0.676. The van der Waals surface area contributed by atoms with Crippen LogP contribution in [0.25, 0.3) is 0 Å². The number of halogens is 2. The lowest BCUT2D eigenvalue weighted by Crippen LogP contribution is -2.47. The van der Waals surface area contributed by atoms with E-state index in [0.717, 1.165) is 12.8 Å². The van der Waals surface area contributed by atoms with Crippen LogP contribution >= 0.6 is 0 Å². The zero-order chi connectivity index (χ0) is 12.1. The van der Waals surface area contributed by atoms with Crippen molar-refractivity contribution in [3.8, 4) is 0 Å². The van der Waals surface area contributed by atoms with E-state index in [4.69, 9.17) is 5.11 Å². The standard InChI is InChI=1S/C10H17F2NO3/c1-16-10(15)9(7-2-3-7)13(4-5-14)6-8(11)12/h7-9,14H,2-6H2,1H3. The topological polar surface area (TPSA) is 49.8 Å². The highest BCUT2D eigenvalue weighted by atomic mass is 19.3. The van der Waals surface area contributed by atoms with Crippen LogP contribution in [-0.4, -0.2) is 55.2 Å². The summed E-state index contributed by atoms with van der Waals surface area (Å²) in [6, 6.07) is -0.633. The van der Waals surface area contributed by atoms with E-state index in [0.29, 0.717) is 0 Å². The Balaban J connectivity index is 2.65. The maximum absolute atomic E-state index is 12.3. The van der Waals surface area contributed by atoms with Crippen molar-refractivity contribution in [1.29, 1.82) is 0 Å². The number of hydrogen-bond acceptors (Lipinski definition) is 4. The second kappa shape index (κ2) is 6.10. The summed E-state index contributed by atoms with van der Waals surface area (Å²) < 4.78 is 29.3. The summed E-state index contributed by atoms with van der Waals surface area (Å²) in [4.78, 5) is 12.8. The molecule has 0 saturated heterocycles. The number of esters is 1. The molecule has 0 heterocycles. The van der Waals surface area contributed by atoms with E-state index in [-0.39, 0.29) is 19.1 Å². The zero-order valence-electron chi connectivity index (χ0n) is 9.23. The fraction of sp³-hybridized carbons (Fsp3) is 0.900. The zero-order valence-corrected chi connectivity index (χ0v) is 9.23. The SMILES string of the molecule is COC(=O)C(C1CC1)N(CCO)CC(F)F. The molecule has 0 aromatic rings. The minimum absolute atomic E-state index is 0.0700. The third kappa shape index (κ3) is 3.68. The van der Waals surface area contributed by atoms with E-state index < -0.39 is 25.0 Å². The number of aliphatic hydroxyl groups is 1. The second-order valence-electron chi connectivity index (χ2n) is 3.92. The van der Waals surface area contributed by atoms with Gasteiger partial charge in [0.05, 0.1) is 20.3 Å². The van der Waals surface area contributed by atoms with E-state index in [2.05, 4.69) is 4.74 Å². The number of nitrogens with zero attached hydrogens (tertiary/aromatic N) is 1. The molecule has 1 unspecified atom stereocenters. The molecule has 1 atom stereocenters. The maximum atomic E-state index is 12.3. The molecule has 16 heavy (non-hydrogen) atoms. The highest BCUT2D eigenvalue weighted by molar-refractivity contribution is 5.76. The van der Waals surface area contributed by atoms with E-state index in [1.807, 2.05) is 0 Å². The molecule has 4 nitrogen and oxygen atoms in total. The van der Waals surface area contributed by atoms with Crippen molar-refractivity contribution in [2.24, 2.45) is 5.92 Å². The predicted octanol–water partition coefficient (Wildman–Crippen LogP) is 0.497. The van der Waals surface area contributed by atoms with Gasteiger partial charge in [-0.1, -0.05) is 0 Å². The highest BCUT2D eigenvalue weighted by Gasteiger charge is 2.41. The first-order valence-electron chi connectivity index (χ1n) is 5.31. The molecule has 1 aliphatic carbocycles. The average molecular weight is 237 g/mol. The predicted molar refractivity (Wildman–Crippen MR) is 53.2 cm³/mol. The van der Waals surface area contributed by atoms with E-state index in [1.165, 1.54) is 12.0 Å². The smallest absolute Gasteiger partial charge is 0.323 e. The summed E-state index contributed by atoms with van der Waals surface area (Å²) in [5.41, 5.74) is 0. The number of carbonyl (C=O) groups is 1. The molecule has 1 saturated carbocycles. The van der Waals surface area contributed by atoms with Crippen molar-refractivity contribution in [1.82, 2.24) is 4.90 Å². The van der Waals surface area contributed by atoms with Gasteiger partial charge in [0, 0.05) is 6.54 Å². The molecule has 0 aromatic heterocycles. The number of carbonyl (C=O) groups excluding carboxylic acids is 1. The van der Waals surface area contributed by atoms with Gasteiger partial charge in [0.15, 0.2) is 0 Å². The molecular weight excluding hydrogens is 220 g/mol. The van der Waals surface area contributed by atoms with Crippen molar-refractivity contribution < 1.29 is 23.4 Å². The molecule has 0 spiro atoms. The number of hydrogen-bond donors (Lipinski definition) is 1. The van der Waals surface area contributed by atoms with Gasteiger partial charge in [-0.05, 0) is 18.8 Å². The first-order chi connectivity index (χ1) is 7.60. The van der Waals surface area contributed by atoms with Crippen LogP contribution in [0, 0.1) is 5.92 Å². The lowest BCUT2D eigenvalue weighted by atomic mass is 10.1. The fourth-order valence-corrected chi connectivity index (χ4v) is 1.82. The van der Waals surface area contributed by atoms with Crippen molar-refractivity contribution in [3.05, 3.63) is 0 Å². The molecule has 1 aliphatic rings. The van der Waals surface area contributed by atoms with Crippen LogP contribution in [0.15, 0.2) is 0 Å². The summed E-state index contributed by atoms with van der Waals surface area (Å²) >= 11 is 0. The molecular formula is C10H17F2NO3. The number of ether oxygens (including phenoxy) is 1. The van der Waals surface area contributed by atoms with Gasteiger partial charge in [-0.25, -0.2) is 8.78 Å². The fourth-order valence-electron chi connectivity index (χ4n) is 1.82. The summed E-state index contributed by atoms with van der Waals surface area (Å²) in [5.74, 6) is -0.394. The Morgan fingerprint density at radius 2 is 2.19 bits per heavy atom. The molecule has 0 radical (unpaired) electrons. The Kier molecular flexibility index (Phi) is 5.08. The Bertz CT molecular complexity index is 234. The van der Waals surface area contributed by atoms with Crippen LogP contribution in [0.1, 0.15) is 12.8 Å². The first kappa shape index (κ1) is 13.3. The minimum Gasteiger partial charge on any atom is -0.468 e. The van der Waals surface area contributed by atoms with Crippen molar-refractivity contribution in [2.45, 2.75) is 25.3 Å². The summed E-state index contributed by atoms with van der Waals surface area (Å²) in [5, 5.41) is 8.82. The van der Waals surface area contributed by atoms with Gasteiger partial charge in [0.25, 0.3) is 6.43 Å². The molecule has 0 aliphatic heterocycles. The number of rotatable bonds is 7. The van der Waals surface area contributed by atoms with E-state index in [9.17, 15) is 13.6 Å². The lowest BCUT2D eigenvalue weighted by Gasteiger charge is -2.28. The maximum Gasteiger partial charge on any atom is 0.323 e. The van der Waals surface area contributed by atoms with Crippen LogP contribution in [0.4, 0.5) is 8.78 Å². The first-order valence-corrected chi connectivity index (χ1v) is 5.31. The number of alkyl halides is 2. The Hall–Kier alpha value is -0.750. The van der Waals surface area contributed by atoms with Crippen LogP contribution in [0.2, 0.25) is 0 Å². The third-order valence-corrected chi connectivity index (χ3v) is 2.66. The summed E-state index contributed by atoms with van der Waals surface area (Å²) in [7, 11) is 1.25. The Labute approximate surface area is 93.2 Å². The van der Waals surface area contributed by atoms with Crippen LogP contribution in [0.3, 0.4) is 0 Å². The van der Waals surface area contributed by atoms with Crippen LogP contribution in [0.5, 0.6) is 0 Å². The number of aliphatic hydroxyl groups excluding tert-OH is 1. The normalized spacial score (nSPS) is 17.9. The quantitative estimate of drug-likeness (QED) is 0.655. The van der Waals surface area contributed by atoms with Crippen molar-refractivity contribution in [3.63, 3.8) is 0 Å². The van der Waals surface area contributed by atoms with Gasteiger partial charge in [-0.3, -0.25) is 9.69 Å². The highest BCUT2D eigenvalue weighted by Crippen LogP contribution is 2.36. The summed E-state index contributed by atoms with van der Waals surface area (Å²) in [6.07, 6.45) is -0.812. The Morgan fingerprint density at radius 1 is 1.56 bits per heavy atom. The van der Waals surface area contributed by atoms with Gasteiger partial charge < -0.3 is 9.84 Å². The van der Waals surface area contributed by atoms with Crippen LogP contribution < -0.4 is 0 Å². The molecule has 0 aromatic carbocycles. The molecule has 0 amide bonds. The molecule has 1 rings (SSSR count). The molecule has 0 bridgehead atoms. The third-order valence-electron chi connectivity index (χ3n) is 2.66. The monoisotopic (exact) mass is 237 g/mol. The average Bonchev–Trinajstić information content (AvgIpc) is 3.01. The molecule has 1 N–H and O–H groups in total. The number of methoxy groups -OCH3 is 1. The Morgan fingerprint density at radius 3 is 2.56 bits per heavy atom.